The monoisotopic (exact) mass is 601 g/mol. The average molecular weight is 603 g/mol. The molecule has 0 amide bonds. The Morgan fingerprint density at radius 2 is 1.09 bits per heavy atom. The lowest BCUT2D eigenvalue weighted by atomic mass is 9.95. The lowest BCUT2D eigenvalue weighted by Gasteiger charge is -2.32. The van der Waals surface area contributed by atoms with Gasteiger partial charge in [0.15, 0.2) is 0 Å². The summed E-state index contributed by atoms with van der Waals surface area (Å²) in [6.45, 7) is 4.74. The molecule has 0 saturated carbocycles. The third-order valence-corrected chi connectivity index (χ3v) is 6.95. The Balaban J connectivity index is 2.06. The lowest BCUT2D eigenvalue weighted by molar-refractivity contribution is -0.142. The molecule has 3 aromatic rings. The smallest absolute Gasteiger partial charge is 0.314 e. The second-order valence-corrected chi connectivity index (χ2v) is 10.3. The number of rotatable bonds is 9. The predicted molar refractivity (Wildman–Crippen MR) is 146 cm³/mol. The van der Waals surface area contributed by atoms with Gasteiger partial charge in [-0.25, -0.2) is 0 Å². The van der Waals surface area contributed by atoms with Gasteiger partial charge < -0.3 is 14.4 Å². The maximum Gasteiger partial charge on any atom is 0.314 e. The molecule has 35 heavy (non-hydrogen) atoms. The molecular formula is C28H29Br2NO4. The maximum atomic E-state index is 12.9. The second kappa shape index (κ2) is 12.4. The summed E-state index contributed by atoms with van der Waals surface area (Å²) in [5.74, 6) is -1.76. The van der Waals surface area contributed by atoms with Crippen molar-refractivity contribution in [3.05, 3.63) is 97.9 Å². The summed E-state index contributed by atoms with van der Waals surface area (Å²) in [5.41, 5.74) is 4.81. The van der Waals surface area contributed by atoms with Crippen LogP contribution in [0.25, 0.3) is 0 Å². The first kappa shape index (κ1) is 27.0. The number of carbonyl (C=O) groups is 2. The highest BCUT2D eigenvalue weighted by atomic mass is 79.9. The minimum atomic E-state index is -0.544. The first-order chi connectivity index (χ1) is 16.7. The number of aryl methyl sites for hydroxylation is 2. The number of anilines is 1. The van der Waals surface area contributed by atoms with E-state index in [1.54, 1.807) is 0 Å². The van der Waals surface area contributed by atoms with E-state index in [2.05, 4.69) is 55.0 Å². The Bertz CT molecular complexity index is 1070. The number of ether oxygens (including phenoxy) is 2. The molecule has 0 fully saturated rings. The SMILES string of the molecule is COC(=O)[C@H](CN(C[C@@H](C(=O)OC)c1ccc(Br)cc1)c1cc(C)cc(C)c1)c1ccc(Br)cc1. The third kappa shape index (κ3) is 7.18. The summed E-state index contributed by atoms with van der Waals surface area (Å²) in [7, 11) is 2.79. The quantitative estimate of drug-likeness (QED) is 0.260. The fourth-order valence-electron chi connectivity index (χ4n) is 4.17. The van der Waals surface area contributed by atoms with Gasteiger partial charge in [-0.15, -0.1) is 0 Å². The van der Waals surface area contributed by atoms with Crippen LogP contribution in [0.3, 0.4) is 0 Å². The van der Waals surface area contributed by atoms with Crippen molar-refractivity contribution in [1.82, 2.24) is 0 Å². The van der Waals surface area contributed by atoms with Gasteiger partial charge in [0.05, 0.1) is 26.1 Å². The number of carbonyl (C=O) groups excluding carboxylic acids is 2. The molecule has 0 spiro atoms. The molecule has 2 atom stereocenters. The standard InChI is InChI=1S/C28H29Br2NO4/c1-18-13-19(2)15-24(14-18)31(16-25(27(32)34-3)20-5-9-22(29)10-6-20)17-26(28(33)35-4)21-7-11-23(30)12-8-21/h5-15,25-26H,16-17H2,1-4H3/t25-,26-/m1/s1. The van der Waals surface area contributed by atoms with E-state index in [1.165, 1.54) is 14.2 Å². The number of hydrogen-bond donors (Lipinski definition) is 0. The predicted octanol–water partition coefficient (Wildman–Crippen LogP) is 6.55. The highest BCUT2D eigenvalue weighted by Crippen LogP contribution is 2.29. The molecule has 0 aliphatic carbocycles. The Kier molecular flexibility index (Phi) is 9.52. The zero-order valence-electron chi connectivity index (χ0n) is 20.3. The Morgan fingerprint density at radius 3 is 1.43 bits per heavy atom. The summed E-state index contributed by atoms with van der Waals surface area (Å²) in [4.78, 5) is 27.9. The number of methoxy groups -OCH3 is 2. The Labute approximate surface area is 223 Å². The number of esters is 2. The molecule has 0 unspecified atom stereocenters. The molecule has 5 nitrogen and oxygen atoms in total. The van der Waals surface area contributed by atoms with Crippen LogP contribution in [0.5, 0.6) is 0 Å². The number of halogens is 2. The van der Waals surface area contributed by atoms with Gasteiger partial charge in [0.2, 0.25) is 0 Å². The number of benzene rings is 3. The fourth-order valence-corrected chi connectivity index (χ4v) is 4.69. The van der Waals surface area contributed by atoms with E-state index < -0.39 is 11.8 Å². The van der Waals surface area contributed by atoms with Crippen molar-refractivity contribution in [2.75, 3.05) is 32.2 Å². The van der Waals surface area contributed by atoms with Crippen LogP contribution >= 0.6 is 31.9 Å². The van der Waals surface area contributed by atoms with E-state index in [4.69, 9.17) is 9.47 Å². The van der Waals surface area contributed by atoms with Crippen LogP contribution in [0, 0.1) is 13.8 Å². The second-order valence-electron chi connectivity index (χ2n) is 8.51. The fraction of sp³-hybridized carbons (Fsp3) is 0.286. The minimum absolute atomic E-state index is 0.333. The van der Waals surface area contributed by atoms with E-state index in [9.17, 15) is 9.59 Å². The van der Waals surface area contributed by atoms with Crippen LogP contribution in [0.4, 0.5) is 5.69 Å². The van der Waals surface area contributed by atoms with Crippen molar-refractivity contribution in [1.29, 1.82) is 0 Å². The van der Waals surface area contributed by atoms with Crippen LogP contribution in [-0.2, 0) is 19.1 Å². The molecule has 0 aliphatic rings. The highest BCUT2D eigenvalue weighted by molar-refractivity contribution is 9.10. The van der Waals surface area contributed by atoms with E-state index in [0.29, 0.717) is 13.1 Å². The Hall–Kier alpha value is -2.64. The molecule has 0 bridgehead atoms. The average Bonchev–Trinajstić information content (AvgIpc) is 2.84. The van der Waals surface area contributed by atoms with Crippen LogP contribution in [0.1, 0.15) is 34.1 Å². The van der Waals surface area contributed by atoms with E-state index in [1.807, 2.05) is 62.4 Å². The Morgan fingerprint density at radius 1 is 0.714 bits per heavy atom. The van der Waals surface area contributed by atoms with Crippen molar-refractivity contribution < 1.29 is 19.1 Å². The number of hydrogen-bond acceptors (Lipinski definition) is 5. The van der Waals surface area contributed by atoms with Crippen LogP contribution < -0.4 is 4.90 Å². The van der Waals surface area contributed by atoms with Crippen molar-refractivity contribution in [3.63, 3.8) is 0 Å². The summed E-state index contributed by atoms with van der Waals surface area (Å²) in [5, 5.41) is 0. The molecule has 3 aromatic carbocycles. The molecule has 7 heteroatoms. The van der Waals surface area contributed by atoms with Gasteiger partial charge in [0.1, 0.15) is 0 Å². The normalized spacial score (nSPS) is 12.5. The summed E-state index contributed by atoms with van der Waals surface area (Å²) in [6, 6.07) is 21.5. The zero-order valence-corrected chi connectivity index (χ0v) is 23.4. The number of nitrogens with zero attached hydrogens (tertiary/aromatic N) is 1. The maximum absolute atomic E-state index is 12.9. The zero-order chi connectivity index (χ0) is 25.5. The molecule has 0 heterocycles. The summed E-state index contributed by atoms with van der Waals surface area (Å²) >= 11 is 6.92. The highest BCUT2D eigenvalue weighted by Gasteiger charge is 2.30. The van der Waals surface area contributed by atoms with Gasteiger partial charge in [-0.05, 0) is 72.5 Å². The molecular weight excluding hydrogens is 574 g/mol. The van der Waals surface area contributed by atoms with Crippen molar-refractivity contribution in [3.8, 4) is 0 Å². The van der Waals surface area contributed by atoms with E-state index >= 15 is 0 Å². The largest absolute Gasteiger partial charge is 0.468 e. The van der Waals surface area contributed by atoms with Crippen molar-refractivity contribution in [2.24, 2.45) is 0 Å². The van der Waals surface area contributed by atoms with Gasteiger partial charge in [0, 0.05) is 27.7 Å². The van der Waals surface area contributed by atoms with Crippen molar-refractivity contribution in [2.45, 2.75) is 25.7 Å². The molecule has 0 aliphatic heterocycles. The molecule has 3 rings (SSSR count). The van der Waals surface area contributed by atoms with Gasteiger partial charge in [0.25, 0.3) is 0 Å². The van der Waals surface area contributed by atoms with E-state index in [0.717, 1.165) is 36.9 Å². The molecule has 0 aromatic heterocycles. The van der Waals surface area contributed by atoms with E-state index in [-0.39, 0.29) is 11.9 Å². The van der Waals surface area contributed by atoms with Crippen LogP contribution in [0.2, 0.25) is 0 Å². The lowest BCUT2D eigenvalue weighted by Crippen LogP contribution is -2.38. The van der Waals surface area contributed by atoms with Crippen LogP contribution in [0.15, 0.2) is 75.7 Å². The van der Waals surface area contributed by atoms with Crippen LogP contribution in [-0.4, -0.2) is 39.2 Å². The third-order valence-electron chi connectivity index (χ3n) is 5.89. The summed E-state index contributed by atoms with van der Waals surface area (Å²) in [6.07, 6.45) is 0. The first-order valence-corrected chi connectivity index (χ1v) is 12.8. The summed E-state index contributed by atoms with van der Waals surface area (Å²) < 4.78 is 12.2. The first-order valence-electron chi connectivity index (χ1n) is 11.2. The molecule has 0 N–H and O–H groups in total. The topological polar surface area (TPSA) is 55.8 Å². The van der Waals surface area contributed by atoms with Gasteiger partial charge >= 0.3 is 11.9 Å². The molecule has 0 radical (unpaired) electrons. The minimum Gasteiger partial charge on any atom is -0.468 e. The van der Waals surface area contributed by atoms with Crippen molar-refractivity contribution >= 4 is 49.5 Å². The van der Waals surface area contributed by atoms with Gasteiger partial charge in [-0.2, -0.15) is 0 Å². The molecule has 0 saturated heterocycles. The molecule has 184 valence electrons. The van der Waals surface area contributed by atoms with Gasteiger partial charge in [-0.3, -0.25) is 9.59 Å². The van der Waals surface area contributed by atoms with Gasteiger partial charge in [-0.1, -0.05) is 62.2 Å².